The van der Waals surface area contributed by atoms with E-state index in [-0.39, 0.29) is 39.4 Å². The molecule has 9 nitrogen and oxygen atoms in total. The van der Waals surface area contributed by atoms with Crippen molar-refractivity contribution in [1.29, 1.82) is 0 Å². The molecule has 0 bridgehead atoms. The highest BCUT2D eigenvalue weighted by atomic mass is 79.9. The van der Waals surface area contributed by atoms with E-state index in [1.165, 1.54) is 37.3 Å². The van der Waals surface area contributed by atoms with Crippen molar-refractivity contribution in [3.8, 4) is 17.2 Å². The standard InChI is InChI=1S/C25H23BrFN3O6/c1-35-18-5-4-14(11-17(18)27)22(31)20-21(15-10-16(26)23(32)19(12-15)36-2)30(25(34)24(20)33)8-3-7-29-9-6-28-13-29/h4-6,9-13,21,31-32H,3,7-8H2,1-2H3/b22-20-. The summed E-state index contributed by atoms with van der Waals surface area (Å²) in [7, 11) is 2.68. The molecule has 1 aliphatic rings. The van der Waals surface area contributed by atoms with Gasteiger partial charge in [-0.25, -0.2) is 9.37 Å². The lowest BCUT2D eigenvalue weighted by Crippen LogP contribution is -2.31. The number of aromatic nitrogens is 2. The number of rotatable bonds is 8. The first-order valence-corrected chi connectivity index (χ1v) is 11.7. The normalized spacial score (nSPS) is 17.0. The zero-order valence-electron chi connectivity index (χ0n) is 19.4. The Bertz CT molecular complexity index is 1340. The van der Waals surface area contributed by atoms with Gasteiger partial charge in [-0.05, 0) is 58.2 Å². The average Bonchev–Trinajstić information content (AvgIpc) is 3.47. The molecule has 0 radical (unpaired) electrons. The van der Waals surface area contributed by atoms with Gasteiger partial charge in [0.1, 0.15) is 5.76 Å². The fourth-order valence-electron chi connectivity index (χ4n) is 4.18. The summed E-state index contributed by atoms with van der Waals surface area (Å²) in [5.41, 5.74) is 0.222. The van der Waals surface area contributed by atoms with E-state index >= 15 is 0 Å². The number of aromatic hydroxyl groups is 1. The molecule has 1 aromatic heterocycles. The minimum Gasteiger partial charge on any atom is -0.507 e. The summed E-state index contributed by atoms with van der Waals surface area (Å²) in [6.07, 6.45) is 5.56. The lowest BCUT2D eigenvalue weighted by molar-refractivity contribution is -0.139. The number of methoxy groups -OCH3 is 2. The predicted octanol–water partition coefficient (Wildman–Crippen LogP) is 4.02. The van der Waals surface area contributed by atoms with E-state index < -0.39 is 29.3 Å². The van der Waals surface area contributed by atoms with Crippen molar-refractivity contribution < 1.29 is 33.7 Å². The molecule has 0 spiro atoms. The number of phenols is 1. The Morgan fingerprint density at radius 3 is 2.53 bits per heavy atom. The number of ether oxygens (including phenoxy) is 2. The van der Waals surface area contributed by atoms with Gasteiger partial charge in [0.15, 0.2) is 23.1 Å². The van der Waals surface area contributed by atoms with Crippen molar-refractivity contribution in [2.45, 2.75) is 19.0 Å². The van der Waals surface area contributed by atoms with Crippen LogP contribution in [0, 0.1) is 5.82 Å². The molecule has 2 N–H and O–H groups in total. The number of imidazole rings is 1. The Kier molecular flexibility index (Phi) is 7.30. The first kappa shape index (κ1) is 25.2. The first-order chi connectivity index (χ1) is 17.3. The zero-order chi connectivity index (χ0) is 26.0. The number of ketones is 1. The number of carbonyl (C=O) groups is 2. The Morgan fingerprint density at radius 1 is 1.14 bits per heavy atom. The van der Waals surface area contributed by atoms with Gasteiger partial charge in [-0.15, -0.1) is 0 Å². The topological polar surface area (TPSA) is 114 Å². The fraction of sp³-hybridized carbons (Fsp3) is 0.240. The molecule has 1 fully saturated rings. The van der Waals surface area contributed by atoms with E-state index in [0.717, 1.165) is 6.07 Å². The van der Waals surface area contributed by atoms with Crippen LogP contribution in [0.3, 0.4) is 0 Å². The van der Waals surface area contributed by atoms with Crippen molar-refractivity contribution in [2.24, 2.45) is 0 Å². The molecule has 2 aromatic carbocycles. The van der Waals surface area contributed by atoms with Crippen LogP contribution in [0.1, 0.15) is 23.6 Å². The van der Waals surface area contributed by atoms with Crippen molar-refractivity contribution in [2.75, 3.05) is 20.8 Å². The van der Waals surface area contributed by atoms with Gasteiger partial charge in [0.05, 0.1) is 36.6 Å². The molecule has 1 atom stereocenters. The monoisotopic (exact) mass is 559 g/mol. The second kappa shape index (κ2) is 10.4. The number of hydrogen-bond acceptors (Lipinski definition) is 7. The molecule has 188 valence electrons. The minimum atomic E-state index is -1.01. The smallest absolute Gasteiger partial charge is 0.295 e. The second-order valence-corrected chi connectivity index (χ2v) is 8.90. The van der Waals surface area contributed by atoms with E-state index in [4.69, 9.17) is 9.47 Å². The summed E-state index contributed by atoms with van der Waals surface area (Å²) in [6, 6.07) is 5.77. The molecule has 1 aliphatic heterocycles. The lowest BCUT2D eigenvalue weighted by Gasteiger charge is -2.26. The fourth-order valence-corrected chi connectivity index (χ4v) is 4.64. The van der Waals surface area contributed by atoms with E-state index in [9.17, 15) is 24.2 Å². The van der Waals surface area contributed by atoms with E-state index in [1.54, 1.807) is 24.8 Å². The van der Waals surface area contributed by atoms with Crippen LogP contribution in [-0.4, -0.2) is 57.1 Å². The molecule has 1 amide bonds. The third-order valence-electron chi connectivity index (χ3n) is 5.93. The van der Waals surface area contributed by atoms with Gasteiger partial charge in [0, 0.05) is 31.0 Å². The number of aliphatic hydroxyl groups is 1. The summed E-state index contributed by atoms with van der Waals surface area (Å²) < 4.78 is 26.7. The number of carbonyl (C=O) groups excluding carboxylic acids is 2. The van der Waals surface area contributed by atoms with E-state index in [2.05, 4.69) is 20.9 Å². The van der Waals surface area contributed by atoms with Crippen molar-refractivity contribution in [3.05, 3.63) is 76.0 Å². The number of halogens is 2. The highest BCUT2D eigenvalue weighted by molar-refractivity contribution is 9.10. The highest BCUT2D eigenvalue weighted by Gasteiger charge is 2.46. The Morgan fingerprint density at radius 2 is 1.89 bits per heavy atom. The number of amides is 1. The van der Waals surface area contributed by atoms with Crippen LogP contribution in [0.5, 0.6) is 17.2 Å². The number of nitrogens with zero attached hydrogens (tertiary/aromatic N) is 3. The number of aryl methyl sites for hydroxylation is 1. The maximum Gasteiger partial charge on any atom is 0.295 e. The summed E-state index contributed by atoms with van der Waals surface area (Å²) in [6.45, 7) is 0.726. The lowest BCUT2D eigenvalue weighted by atomic mass is 9.94. The van der Waals surface area contributed by atoms with Gasteiger partial charge in [0.25, 0.3) is 11.7 Å². The molecule has 11 heteroatoms. The number of Topliss-reactive ketones (excluding diaryl/α,β-unsaturated/α-hetero) is 1. The van der Waals surface area contributed by atoms with Gasteiger partial charge < -0.3 is 29.2 Å². The number of aliphatic hydroxyl groups excluding tert-OH is 1. The van der Waals surface area contributed by atoms with Crippen molar-refractivity contribution in [1.82, 2.24) is 14.5 Å². The molecule has 0 saturated carbocycles. The van der Waals surface area contributed by atoms with Crippen molar-refractivity contribution >= 4 is 33.4 Å². The summed E-state index contributed by atoms with van der Waals surface area (Å²) in [5.74, 6) is -3.05. The Balaban J connectivity index is 1.82. The quantitative estimate of drug-likeness (QED) is 0.243. The number of hydrogen-bond donors (Lipinski definition) is 2. The second-order valence-electron chi connectivity index (χ2n) is 8.05. The Labute approximate surface area is 214 Å². The van der Waals surface area contributed by atoms with Gasteiger partial charge >= 0.3 is 0 Å². The van der Waals surface area contributed by atoms with Gasteiger partial charge in [-0.3, -0.25) is 9.59 Å². The summed E-state index contributed by atoms with van der Waals surface area (Å²) >= 11 is 3.27. The predicted molar refractivity (Wildman–Crippen MR) is 131 cm³/mol. The minimum absolute atomic E-state index is 0.0134. The molecular weight excluding hydrogens is 537 g/mol. The Hall–Kier alpha value is -3.86. The average molecular weight is 560 g/mol. The summed E-state index contributed by atoms with van der Waals surface area (Å²) in [4.78, 5) is 31.7. The first-order valence-electron chi connectivity index (χ1n) is 10.9. The molecule has 2 heterocycles. The molecule has 1 unspecified atom stereocenters. The van der Waals surface area contributed by atoms with Gasteiger partial charge in [0.2, 0.25) is 0 Å². The summed E-state index contributed by atoms with van der Waals surface area (Å²) in [5, 5.41) is 21.4. The van der Waals surface area contributed by atoms with Crippen LogP contribution in [0.15, 0.2) is 59.1 Å². The van der Waals surface area contributed by atoms with Crippen molar-refractivity contribution in [3.63, 3.8) is 0 Å². The third kappa shape index (κ3) is 4.66. The van der Waals surface area contributed by atoms with Crippen LogP contribution in [-0.2, 0) is 16.1 Å². The van der Waals surface area contributed by atoms with Crippen LogP contribution >= 0.6 is 15.9 Å². The van der Waals surface area contributed by atoms with Crippen LogP contribution in [0.4, 0.5) is 4.39 Å². The van der Waals surface area contributed by atoms with Crippen LogP contribution in [0.2, 0.25) is 0 Å². The maximum atomic E-state index is 14.4. The molecule has 36 heavy (non-hydrogen) atoms. The highest BCUT2D eigenvalue weighted by Crippen LogP contribution is 2.44. The van der Waals surface area contributed by atoms with Gasteiger partial charge in [-0.2, -0.15) is 0 Å². The molecular formula is C25H23BrFN3O6. The molecule has 1 saturated heterocycles. The molecule has 0 aliphatic carbocycles. The van der Waals surface area contributed by atoms with Crippen LogP contribution in [0.25, 0.3) is 5.76 Å². The zero-order valence-corrected chi connectivity index (χ0v) is 21.0. The van der Waals surface area contributed by atoms with Crippen LogP contribution < -0.4 is 9.47 Å². The van der Waals surface area contributed by atoms with E-state index in [1.807, 2.05) is 4.57 Å². The maximum absolute atomic E-state index is 14.4. The molecule has 3 aromatic rings. The number of phenolic OH excluding ortho intramolecular Hbond substituents is 1. The SMILES string of the molecule is COc1ccc(/C(O)=C2/C(=O)C(=O)N(CCCn3ccnc3)C2c2cc(Br)c(O)c(OC)c2)cc1F. The molecule has 4 rings (SSSR count). The third-order valence-corrected chi connectivity index (χ3v) is 6.53. The van der Waals surface area contributed by atoms with E-state index in [0.29, 0.717) is 18.5 Å². The largest absolute Gasteiger partial charge is 0.507 e. The van der Waals surface area contributed by atoms with Gasteiger partial charge in [-0.1, -0.05) is 0 Å². The number of likely N-dealkylation sites (tertiary alicyclic amines) is 1. The number of benzene rings is 2.